The van der Waals surface area contributed by atoms with Crippen molar-refractivity contribution in [3.63, 3.8) is 0 Å². The van der Waals surface area contributed by atoms with Crippen LogP contribution in [0.25, 0.3) is 10.3 Å². The first-order valence-electron chi connectivity index (χ1n) is 3.65. The Hall–Kier alpha value is -1.60. The fourth-order valence-corrected chi connectivity index (χ4v) is 1.83. The summed E-state index contributed by atoms with van der Waals surface area (Å²) >= 11 is 1.02. The molecule has 0 aliphatic rings. The van der Waals surface area contributed by atoms with Gasteiger partial charge in [0.1, 0.15) is 5.58 Å². The van der Waals surface area contributed by atoms with Crippen molar-refractivity contribution in [1.29, 1.82) is 5.26 Å². The zero-order valence-electron chi connectivity index (χ0n) is 6.83. The van der Waals surface area contributed by atoms with Gasteiger partial charge in [-0.25, -0.2) is 4.79 Å². The Bertz CT molecular complexity index is 559. The van der Waals surface area contributed by atoms with Gasteiger partial charge >= 0.3 is 4.94 Å². The van der Waals surface area contributed by atoms with Gasteiger partial charge in [0.2, 0.25) is 0 Å². The molecule has 0 fully saturated rings. The molecule has 0 N–H and O–H groups in total. The van der Waals surface area contributed by atoms with E-state index in [-0.39, 0.29) is 4.94 Å². The van der Waals surface area contributed by atoms with Gasteiger partial charge in [0.05, 0.1) is 16.3 Å². The molecule has 1 aromatic heterocycles. The molecule has 0 radical (unpaired) electrons. The highest BCUT2D eigenvalue weighted by atomic mass is 32.1. The molecule has 0 aliphatic carbocycles. The second kappa shape index (κ2) is 2.71. The summed E-state index contributed by atoms with van der Waals surface area (Å²) in [6.07, 6.45) is 0. The summed E-state index contributed by atoms with van der Waals surface area (Å²) in [6.45, 7) is 1.82. The summed E-state index contributed by atoms with van der Waals surface area (Å²) in [4.78, 5) is 10.5. The summed E-state index contributed by atoms with van der Waals surface area (Å²) in [5, 5.41) is 8.73. The first-order valence-corrected chi connectivity index (χ1v) is 4.47. The second-order valence-corrected chi connectivity index (χ2v) is 3.66. The van der Waals surface area contributed by atoms with E-state index in [9.17, 15) is 4.79 Å². The molecule has 3 nitrogen and oxygen atoms in total. The minimum Gasteiger partial charge on any atom is -0.414 e. The highest BCUT2D eigenvalue weighted by Gasteiger charge is 2.05. The van der Waals surface area contributed by atoms with Crippen molar-refractivity contribution in [3.8, 4) is 6.07 Å². The Morgan fingerprint density at radius 2 is 2.31 bits per heavy atom. The number of nitriles is 1. The third-order valence-corrected chi connectivity index (χ3v) is 2.59. The van der Waals surface area contributed by atoms with Crippen molar-refractivity contribution in [2.75, 3.05) is 0 Å². The third-order valence-electron chi connectivity index (χ3n) is 1.80. The van der Waals surface area contributed by atoms with E-state index in [0.717, 1.165) is 21.6 Å². The predicted octanol–water partition coefficient (Wildman–Crippen LogP) is 2.03. The van der Waals surface area contributed by atoms with Gasteiger partial charge < -0.3 is 4.42 Å². The Labute approximate surface area is 77.8 Å². The standard InChI is InChI=1S/C9H5NO2S/c1-5-2-7-8(3-6(5)4-10)13-9(11)12-7/h2-3H,1H3. The Morgan fingerprint density at radius 3 is 3.00 bits per heavy atom. The van der Waals surface area contributed by atoms with Crippen molar-refractivity contribution in [2.24, 2.45) is 0 Å². The largest absolute Gasteiger partial charge is 0.414 e. The molecule has 0 bridgehead atoms. The molecule has 13 heavy (non-hydrogen) atoms. The van der Waals surface area contributed by atoms with Gasteiger partial charge in [-0.05, 0) is 24.6 Å². The molecular formula is C9H5NO2S. The molecule has 0 unspecified atom stereocenters. The lowest BCUT2D eigenvalue weighted by Crippen LogP contribution is -1.80. The molecule has 0 saturated heterocycles. The molecule has 1 aromatic carbocycles. The normalized spacial score (nSPS) is 10.2. The number of benzene rings is 1. The van der Waals surface area contributed by atoms with Crippen molar-refractivity contribution in [1.82, 2.24) is 0 Å². The van der Waals surface area contributed by atoms with Gasteiger partial charge in [0, 0.05) is 0 Å². The van der Waals surface area contributed by atoms with Gasteiger partial charge in [0.15, 0.2) is 0 Å². The van der Waals surface area contributed by atoms with E-state index in [4.69, 9.17) is 9.68 Å². The number of hydrogen-bond donors (Lipinski definition) is 0. The van der Waals surface area contributed by atoms with Crippen LogP contribution < -0.4 is 4.94 Å². The SMILES string of the molecule is Cc1cc2oc(=O)sc2cc1C#N. The summed E-state index contributed by atoms with van der Waals surface area (Å²) in [7, 11) is 0. The number of nitrogens with zero attached hydrogens (tertiary/aromatic N) is 1. The van der Waals surface area contributed by atoms with Crippen LogP contribution in [0.1, 0.15) is 11.1 Å². The highest BCUT2D eigenvalue weighted by molar-refractivity contribution is 7.16. The van der Waals surface area contributed by atoms with Crippen LogP contribution in [0.4, 0.5) is 0 Å². The van der Waals surface area contributed by atoms with Crippen LogP contribution in [0.15, 0.2) is 21.3 Å². The summed E-state index contributed by atoms with van der Waals surface area (Å²) in [5.41, 5.74) is 1.98. The number of hydrogen-bond acceptors (Lipinski definition) is 4. The molecule has 64 valence electrons. The van der Waals surface area contributed by atoms with Gasteiger partial charge in [-0.2, -0.15) is 5.26 Å². The average Bonchev–Trinajstić information content (AvgIpc) is 2.42. The number of fused-ring (bicyclic) bond motifs is 1. The van der Waals surface area contributed by atoms with Crippen LogP contribution in [0, 0.1) is 18.3 Å². The summed E-state index contributed by atoms with van der Waals surface area (Å²) in [6, 6.07) is 5.45. The number of aryl methyl sites for hydroxylation is 1. The summed E-state index contributed by atoms with van der Waals surface area (Å²) < 4.78 is 5.63. The first-order chi connectivity index (χ1) is 6.20. The van der Waals surface area contributed by atoms with Crippen molar-refractivity contribution < 1.29 is 4.42 Å². The van der Waals surface area contributed by atoms with Crippen molar-refractivity contribution >= 4 is 21.6 Å². The van der Waals surface area contributed by atoms with Crippen molar-refractivity contribution in [2.45, 2.75) is 6.92 Å². The quantitative estimate of drug-likeness (QED) is 0.640. The molecule has 4 heteroatoms. The van der Waals surface area contributed by atoms with E-state index in [1.54, 1.807) is 12.1 Å². The molecule has 0 spiro atoms. The fourth-order valence-electron chi connectivity index (χ4n) is 1.14. The molecule has 0 amide bonds. The first kappa shape index (κ1) is 8.02. The minimum atomic E-state index is -0.329. The van der Waals surface area contributed by atoms with Crippen LogP contribution in [-0.4, -0.2) is 0 Å². The third kappa shape index (κ3) is 1.23. The Morgan fingerprint density at radius 1 is 1.54 bits per heavy atom. The second-order valence-electron chi connectivity index (χ2n) is 2.68. The molecule has 1 heterocycles. The fraction of sp³-hybridized carbons (Fsp3) is 0.111. The monoisotopic (exact) mass is 191 g/mol. The maximum Gasteiger partial charge on any atom is 0.396 e. The van der Waals surface area contributed by atoms with Gasteiger partial charge in [-0.3, -0.25) is 0 Å². The topological polar surface area (TPSA) is 54.0 Å². The van der Waals surface area contributed by atoms with Crippen LogP contribution >= 0.6 is 11.3 Å². The zero-order chi connectivity index (χ0) is 9.42. The van der Waals surface area contributed by atoms with E-state index in [1.807, 2.05) is 6.92 Å². The molecule has 0 aliphatic heterocycles. The van der Waals surface area contributed by atoms with Crippen LogP contribution in [0.3, 0.4) is 0 Å². The highest BCUT2D eigenvalue weighted by Crippen LogP contribution is 2.21. The lowest BCUT2D eigenvalue weighted by Gasteiger charge is -1.93. The average molecular weight is 191 g/mol. The molecule has 0 atom stereocenters. The zero-order valence-corrected chi connectivity index (χ0v) is 7.64. The van der Waals surface area contributed by atoms with Gasteiger partial charge in [-0.15, -0.1) is 0 Å². The smallest absolute Gasteiger partial charge is 0.396 e. The molecule has 2 rings (SSSR count). The van der Waals surface area contributed by atoms with Crippen molar-refractivity contribution in [3.05, 3.63) is 33.0 Å². The minimum absolute atomic E-state index is 0.329. The lowest BCUT2D eigenvalue weighted by molar-refractivity contribution is 0.585. The van der Waals surface area contributed by atoms with Crippen LogP contribution in [0.5, 0.6) is 0 Å². The molecule has 2 aromatic rings. The van der Waals surface area contributed by atoms with E-state index in [0.29, 0.717) is 11.1 Å². The molecule has 0 saturated carbocycles. The predicted molar refractivity (Wildman–Crippen MR) is 49.8 cm³/mol. The van der Waals surface area contributed by atoms with Gasteiger partial charge in [0.25, 0.3) is 0 Å². The molecular weight excluding hydrogens is 186 g/mol. The Kier molecular flexibility index (Phi) is 1.67. The number of rotatable bonds is 0. The summed E-state index contributed by atoms with van der Waals surface area (Å²) in [5.74, 6) is 0. The Balaban J connectivity index is 2.90. The van der Waals surface area contributed by atoms with E-state index in [1.165, 1.54) is 0 Å². The van der Waals surface area contributed by atoms with E-state index in [2.05, 4.69) is 6.07 Å². The van der Waals surface area contributed by atoms with Gasteiger partial charge in [-0.1, -0.05) is 11.3 Å². The van der Waals surface area contributed by atoms with E-state index >= 15 is 0 Å². The maximum atomic E-state index is 10.9. The van der Waals surface area contributed by atoms with E-state index < -0.39 is 0 Å². The van der Waals surface area contributed by atoms with Crippen LogP contribution in [-0.2, 0) is 0 Å². The lowest BCUT2D eigenvalue weighted by atomic mass is 10.1. The van der Waals surface area contributed by atoms with Crippen LogP contribution in [0.2, 0.25) is 0 Å². The maximum absolute atomic E-state index is 10.9.